The lowest BCUT2D eigenvalue weighted by Crippen LogP contribution is -2.44. The van der Waals surface area contributed by atoms with Gasteiger partial charge in [-0.1, -0.05) is 12.7 Å². The number of carbonyl (C=O) groups excluding carboxylic acids is 2. The Balaban J connectivity index is 4.34. The molecule has 0 fully saturated rings. The third-order valence-electron chi connectivity index (χ3n) is 1.67. The van der Waals surface area contributed by atoms with Crippen molar-refractivity contribution in [1.29, 1.82) is 0 Å². The van der Waals surface area contributed by atoms with Crippen LogP contribution in [0.2, 0.25) is 0 Å². The lowest BCUT2D eigenvalue weighted by Gasteiger charge is -2.14. The van der Waals surface area contributed by atoms with Gasteiger partial charge in [-0.05, 0) is 0 Å². The summed E-state index contributed by atoms with van der Waals surface area (Å²) >= 11 is 0. The van der Waals surface area contributed by atoms with Crippen LogP contribution in [0.15, 0.2) is 12.7 Å². The molecular weight excluding hydrogens is 235 g/mol. The average molecular weight is 248 g/mol. The summed E-state index contributed by atoms with van der Waals surface area (Å²) in [6.45, 7) is 3.16. The van der Waals surface area contributed by atoms with Crippen LogP contribution in [0.3, 0.4) is 0 Å². The Morgan fingerprint density at radius 1 is 1.53 bits per heavy atom. The van der Waals surface area contributed by atoms with Crippen molar-refractivity contribution in [2.45, 2.75) is 18.6 Å². The van der Waals surface area contributed by atoms with Crippen LogP contribution in [-0.4, -0.2) is 41.9 Å². The Labute approximate surface area is 96.4 Å². The third kappa shape index (κ3) is 6.13. The van der Waals surface area contributed by atoms with E-state index in [1.165, 1.54) is 6.08 Å². The van der Waals surface area contributed by atoms with Crippen molar-refractivity contribution in [3.8, 4) is 0 Å². The minimum Gasteiger partial charge on any atom is -0.480 e. The molecule has 0 saturated heterocycles. The molecule has 4 N–H and O–H groups in total. The van der Waals surface area contributed by atoms with Crippen molar-refractivity contribution in [2.24, 2.45) is 5.73 Å². The molecule has 0 aromatic rings. The number of alkyl carbamates (subject to hydrolysis) is 1. The fourth-order valence-electron chi connectivity index (χ4n) is 0.863. The number of carboxylic acid groups (broad SMARTS) is 1. The van der Waals surface area contributed by atoms with Gasteiger partial charge in [-0.3, -0.25) is 4.79 Å². The number of hydrogen-bond acceptors (Lipinski definition) is 4. The fourth-order valence-corrected chi connectivity index (χ4v) is 0.863. The molecule has 0 heterocycles. The van der Waals surface area contributed by atoms with E-state index >= 15 is 0 Å². The monoisotopic (exact) mass is 248 g/mol. The van der Waals surface area contributed by atoms with Crippen LogP contribution in [0.1, 0.15) is 6.42 Å². The average Bonchev–Trinajstić information content (AvgIpc) is 2.24. The highest BCUT2D eigenvalue weighted by atomic mass is 19.1. The van der Waals surface area contributed by atoms with Gasteiger partial charge in [0.05, 0.1) is 0 Å². The lowest BCUT2D eigenvalue weighted by molar-refractivity contribution is -0.140. The number of rotatable bonds is 7. The van der Waals surface area contributed by atoms with Gasteiger partial charge in [0.1, 0.15) is 12.6 Å². The molecule has 0 saturated carbocycles. The molecule has 17 heavy (non-hydrogen) atoms. The molecule has 0 bridgehead atoms. The van der Waals surface area contributed by atoms with Gasteiger partial charge in [-0.15, -0.1) is 0 Å². The standard InChI is InChI=1S/C9H13FN2O5/c1-2-3-17-9(16)12-6(8(14)15)4-5(10)7(11)13/h2,5-6H,1,3-4H2,(H2,11,13)(H,12,16)(H,14,15)/t5-,6+/m0/s1. The molecule has 96 valence electrons. The van der Waals surface area contributed by atoms with E-state index in [0.717, 1.165) is 0 Å². The number of nitrogens with two attached hydrogens (primary N) is 1. The number of amides is 2. The molecular formula is C9H13FN2O5. The number of primary amides is 1. The quantitative estimate of drug-likeness (QED) is 0.528. The minimum absolute atomic E-state index is 0.118. The highest BCUT2D eigenvalue weighted by molar-refractivity contribution is 5.83. The molecule has 0 aromatic carbocycles. The second kappa shape index (κ2) is 7.20. The molecule has 0 aliphatic carbocycles. The normalized spacial score (nSPS) is 13.2. The number of carboxylic acids is 1. The summed E-state index contributed by atoms with van der Waals surface area (Å²) in [6, 6.07) is -1.59. The highest BCUT2D eigenvalue weighted by Crippen LogP contribution is 2.03. The van der Waals surface area contributed by atoms with Gasteiger partial charge < -0.3 is 20.9 Å². The van der Waals surface area contributed by atoms with E-state index in [9.17, 15) is 18.8 Å². The predicted octanol–water partition coefficient (Wildman–Crippen LogP) is -0.435. The third-order valence-corrected chi connectivity index (χ3v) is 1.67. The highest BCUT2D eigenvalue weighted by Gasteiger charge is 2.27. The first-order chi connectivity index (χ1) is 7.88. The first-order valence-corrected chi connectivity index (χ1v) is 4.58. The zero-order valence-electron chi connectivity index (χ0n) is 8.89. The summed E-state index contributed by atoms with van der Waals surface area (Å²) in [5.74, 6) is -2.79. The molecule has 8 heteroatoms. The summed E-state index contributed by atoms with van der Waals surface area (Å²) in [6.07, 6.45) is -2.69. The number of hydrogen-bond donors (Lipinski definition) is 3. The van der Waals surface area contributed by atoms with Gasteiger partial charge in [-0.25, -0.2) is 14.0 Å². The minimum atomic E-state index is -2.16. The van der Waals surface area contributed by atoms with Crippen LogP contribution < -0.4 is 11.1 Å². The van der Waals surface area contributed by atoms with Crippen LogP contribution in [0.25, 0.3) is 0 Å². The predicted molar refractivity (Wildman–Crippen MR) is 54.8 cm³/mol. The summed E-state index contributed by atoms with van der Waals surface area (Å²) < 4.78 is 17.3. The van der Waals surface area contributed by atoms with E-state index in [2.05, 4.69) is 17.0 Å². The van der Waals surface area contributed by atoms with Crippen LogP contribution in [-0.2, 0) is 14.3 Å². The second-order valence-corrected chi connectivity index (χ2v) is 3.03. The second-order valence-electron chi connectivity index (χ2n) is 3.03. The zero-order valence-corrected chi connectivity index (χ0v) is 8.89. The fraction of sp³-hybridized carbons (Fsp3) is 0.444. The summed E-state index contributed by atoms with van der Waals surface area (Å²) in [7, 11) is 0. The largest absolute Gasteiger partial charge is 0.480 e. The molecule has 0 aliphatic heterocycles. The number of halogens is 1. The van der Waals surface area contributed by atoms with E-state index in [-0.39, 0.29) is 6.61 Å². The SMILES string of the molecule is C=CCOC(=O)N[C@H](C[C@H](F)C(N)=O)C(=O)O. The first-order valence-electron chi connectivity index (χ1n) is 4.58. The van der Waals surface area contributed by atoms with Crippen molar-refractivity contribution in [3.63, 3.8) is 0 Å². The van der Waals surface area contributed by atoms with Gasteiger partial charge in [-0.2, -0.15) is 0 Å². The smallest absolute Gasteiger partial charge is 0.408 e. The van der Waals surface area contributed by atoms with Crippen molar-refractivity contribution in [3.05, 3.63) is 12.7 Å². The zero-order chi connectivity index (χ0) is 13.4. The van der Waals surface area contributed by atoms with Crippen molar-refractivity contribution < 1.29 is 28.6 Å². The maximum Gasteiger partial charge on any atom is 0.408 e. The Morgan fingerprint density at radius 3 is 2.53 bits per heavy atom. The first kappa shape index (κ1) is 14.9. The molecule has 2 atom stereocenters. The van der Waals surface area contributed by atoms with Gasteiger partial charge in [0.15, 0.2) is 6.17 Å². The van der Waals surface area contributed by atoms with E-state index in [1.54, 1.807) is 0 Å². The molecule has 0 aliphatic rings. The lowest BCUT2D eigenvalue weighted by atomic mass is 10.1. The maximum absolute atomic E-state index is 12.9. The van der Waals surface area contributed by atoms with E-state index < -0.39 is 36.6 Å². The summed E-state index contributed by atoms with van der Waals surface area (Å²) in [5.41, 5.74) is 4.63. The van der Waals surface area contributed by atoms with Gasteiger partial charge in [0.25, 0.3) is 5.91 Å². The molecule has 0 rings (SSSR count). The number of alkyl halides is 1. The topological polar surface area (TPSA) is 119 Å². The number of aliphatic carboxylic acids is 1. The van der Waals surface area contributed by atoms with Gasteiger partial charge in [0.2, 0.25) is 0 Å². The Hall–Kier alpha value is -2.12. The summed E-state index contributed by atoms with van der Waals surface area (Å²) in [4.78, 5) is 32.1. The number of ether oxygens (including phenoxy) is 1. The van der Waals surface area contributed by atoms with Crippen LogP contribution in [0, 0.1) is 0 Å². The van der Waals surface area contributed by atoms with Crippen LogP contribution in [0.5, 0.6) is 0 Å². The van der Waals surface area contributed by atoms with Crippen LogP contribution >= 0.6 is 0 Å². The summed E-state index contributed by atoms with van der Waals surface area (Å²) in [5, 5.41) is 10.5. The van der Waals surface area contributed by atoms with E-state index in [4.69, 9.17) is 5.11 Å². The molecule has 7 nitrogen and oxygen atoms in total. The molecule has 0 aromatic heterocycles. The van der Waals surface area contributed by atoms with Crippen molar-refractivity contribution in [1.82, 2.24) is 5.32 Å². The Kier molecular flexibility index (Phi) is 6.30. The number of carbonyl (C=O) groups is 3. The number of nitrogens with one attached hydrogen (secondary N) is 1. The molecule has 0 spiro atoms. The van der Waals surface area contributed by atoms with Crippen molar-refractivity contribution in [2.75, 3.05) is 6.61 Å². The Bertz CT molecular complexity index is 321. The van der Waals surface area contributed by atoms with Gasteiger partial charge >= 0.3 is 12.1 Å². The van der Waals surface area contributed by atoms with Crippen LogP contribution in [0.4, 0.5) is 9.18 Å². The maximum atomic E-state index is 12.9. The van der Waals surface area contributed by atoms with Crippen molar-refractivity contribution >= 4 is 18.0 Å². The molecule has 0 unspecified atom stereocenters. The van der Waals surface area contributed by atoms with E-state index in [1.807, 2.05) is 5.32 Å². The van der Waals surface area contributed by atoms with E-state index in [0.29, 0.717) is 0 Å². The molecule has 0 radical (unpaired) electrons. The Morgan fingerprint density at radius 2 is 2.12 bits per heavy atom. The molecule has 2 amide bonds. The van der Waals surface area contributed by atoms with Gasteiger partial charge in [0, 0.05) is 6.42 Å².